The van der Waals surface area contributed by atoms with Crippen molar-refractivity contribution >= 4 is 18.2 Å². The number of esters is 1. The number of hydrazine groups is 1. The van der Waals surface area contributed by atoms with Gasteiger partial charge in [0, 0.05) is 26.6 Å². The molecular weight excluding hydrogens is 456 g/mol. The Morgan fingerprint density at radius 3 is 1.80 bits per heavy atom. The van der Waals surface area contributed by atoms with Crippen LogP contribution in [0.25, 0.3) is 0 Å². The number of carbonyl (C=O) groups is 3. The largest absolute Gasteiger partial charge is 0.467 e. The lowest BCUT2D eigenvalue weighted by Crippen LogP contribution is -2.59. The maximum atomic E-state index is 13.3. The van der Waals surface area contributed by atoms with E-state index < -0.39 is 47.1 Å². The van der Waals surface area contributed by atoms with Crippen molar-refractivity contribution in [1.29, 1.82) is 0 Å². The fourth-order valence-corrected chi connectivity index (χ4v) is 3.27. The number of carbonyl (C=O) groups excluding carboxylic acids is 3. The van der Waals surface area contributed by atoms with Gasteiger partial charge in [-0.05, 0) is 54.0 Å². The van der Waals surface area contributed by atoms with Gasteiger partial charge in [-0.15, -0.1) is 0 Å². The molecule has 10 heteroatoms. The molecule has 2 atom stereocenters. The van der Waals surface area contributed by atoms with Gasteiger partial charge in [-0.1, -0.05) is 30.3 Å². The molecule has 0 aliphatic carbocycles. The van der Waals surface area contributed by atoms with E-state index >= 15 is 0 Å². The van der Waals surface area contributed by atoms with Crippen LogP contribution in [-0.2, 0) is 28.5 Å². The summed E-state index contributed by atoms with van der Waals surface area (Å²) in [4.78, 5) is 39.3. The van der Waals surface area contributed by atoms with Gasteiger partial charge in [0.1, 0.15) is 11.2 Å². The first-order valence-corrected chi connectivity index (χ1v) is 11.3. The summed E-state index contributed by atoms with van der Waals surface area (Å²) in [5.74, 6) is -2.65. The van der Waals surface area contributed by atoms with Gasteiger partial charge in [0.2, 0.25) is 0 Å². The molecule has 0 aromatic heterocycles. The molecule has 0 saturated carbocycles. The Morgan fingerprint density at radius 2 is 1.37 bits per heavy atom. The van der Waals surface area contributed by atoms with Crippen LogP contribution in [0.1, 0.15) is 66.4 Å². The van der Waals surface area contributed by atoms with Gasteiger partial charge in [-0.2, -0.15) is 0 Å². The van der Waals surface area contributed by atoms with E-state index in [-0.39, 0.29) is 6.42 Å². The van der Waals surface area contributed by atoms with Gasteiger partial charge >= 0.3 is 18.2 Å². The zero-order valence-electron chi connectivity index (χ0n) is 22.5. The molecule has 0 aliphatic rings. The SMILES string of the molecule is COC(=O)C(C(CC(C)(OC)OC)c1ccccc1)N(NC(=O)OC(C)(C)C)C(=O)OC(C)(C)C. The van der Waals surface area contributed by atoms with Crippen LogP contribution in [0.5, 0.6) is 0 Å². The molecule has 2 unspecified atom stereocenters. The van der Waals surface area contributed by atoms with Crippen LogP contribution in [0, 0.1) is 0 Å². The highest BCUT2D eigenvalue weighted by Gasteiger charge is 2.45. The number of ether oxygens (including phenoxy) is 5. The average Bonchev–Trinajstić information content (AvgIpc) is 2.75. The molecule has 0 spiro atoms. The van der Waals surface area contributed by atoms with Crippen molar-refractivity contribution in [3.63, 3.8) is 0 Å². The molecule has 1 N–H and O–H groups in total. The van der Waals surface area contributed by atoms with E-state index in [1.807, 2.05) is 6.07 Å². The second-order valence-corrected chi connectivity index (χ2v) is 10.2. The third kappa shape index (κ3) is 9.73. The zero-order chi connectivity index (χ0) is 27.0. The predicted octanol–water partition coefficient (Wildman–Crippen LogP) is 4.39. The second-order valence-electron chi connectivity index (χ2n) is 10.2. The number of amides is 2. The van der Waals surface area contributed by atoms with E-state index in [1.165, 1.54) is 21.3 Å². The normalized spacial score (nSPS) is 13.9. The van der Waals surface area contributed by atoms with Gasteiger partial charge in [0.25, 0.3) is 0 Å². The van der Waals surface area contributed by atoms with Crippen molar-refractivity contribution in [1.82, 2.24) is 10.4 Å². The number of methoxy groups -OCH3 is 3. The zero-order valence-corrected chi connectivity index (χ0v) is 22.5. The van der Waals surface area contributed by atoms with E-state index in [0.717, 1.165) is 5.01 Å². The molecule has 1 aromatic carbocycles. The van der Waals surface area contributed by atoms with Crippen LogP contribution in [0.15, 0.2) is 30.3 Å². The van der Waals surface area contributed by atoms with Crippen LogP contribution in [0.2, 0.25) is 0 Å². The first-order valence-electron chi connectivity index (χ1n) is 11.3. The average molecular weight is 497 g/mol. The molecule has 0 aliphatic heterocycles. The van der Waals surface area contributed by atoms with Crippen LogP contribution in [0.4, 0.5) is 9.59 Å². The lowest BCUT2D eigenvalue weighted by Gasteiger charge is -2.39. The topological polar surface area (TPSA) is 113 Å². The minimum absolute atomic E-state index is 0.124. The minimum Gasteiger partial charge on any atom is -0.467 e. The van der Waals surface area contributed by atoms with Crippen LogP contribution in [-0.4, -0.2) is 67.5 Å². The van der Waals surface area contributed by atoms with Crippen LogP contribution >= 0.6 is 0 Å². The molecule has 0 heterocycles. The Kier molecular flexibility index (Phi) is 10.5. The highest BCUT2D eigenvalue weighted by Crippen LogP contribution is 2.34. The summed E-state index contributed by atoms with van der Waals surface area (Å²) < 4.78 is 27.0. The van der Waals surface area contributed by atoms with E-state index in [2.05, 4.69) is 5.43 Å². The molecule has 0 fully saturated rings. The first kappa shape index (κ1) is 30.2. The lowest BCUT2D eigenvalue weighted by molar-refractivity contribution is -0.203. The minimum atomic E-state index is -1.35. The standard InChI is InChI=1S/C25H40N2O8/c1-23(2,3)34-21(29)26-27(22(30)35-24(4,5)6)19(20(28)31-8)18(16-25(7,32-9)33-10)17-14-12-11-13-15-17/h11-15,18-19H,16H2,1-10H3,(H,26,29). The number of hydrogen-bond donors (Lipinski definition) is 1. The summed E-state index contributed by atoms with van der Waals surface area (Å²) >= 11 is 0. The van der Waals surface area contributed by atoms with Crippen molar-refractivity contribution in [2.45, 2.75) is 83.8 Å². The van der Waals surface area contributed by atoms with Crippen LogP contribution in [0.3, 0.4) is 0 Å². The number of nitrogens with one attached hydrogen (secondary N) is 1. The van der Waals surface area contributed by atoms with Gasteiger partial charge in [-0.3, -0.25) is 0 Å². The van der Waals surface area contributed by atoms with Crippen molar-refractivity contribution in [3.8, 4) is 0 Å². The molecule has 2 amide bonds. The van der Waals surface area contributed by atoms with Gasteiger partial charge in [-0.25, -0.2) is 24.8 Å². The van der Waals surface area contributed by atoms with E-state index in [4.69, 9.17) is 23.7 Å². The molecule has 0 radical (unpaired) electrons. The number of rotatable bonds is 8. The molecule has 0 saturated heterocycles. The summed E-state index contributed by atoms with van der Waals surface area (Å²) in [7, 11) is 4.15. The quantitative estimate of drug-likeness (QED) is 0.244. The maximum absolute atomic E-state index is 13.3. The summed E-state index contributed by atoms with van der Waals surface area (Å²) in [5, 5.41) is 0.814. The Morgan fingerprint density at radius 1 is 0.857 bits per heavy atom. The lowest BCUT2D eigenvalue weighted by atomic mass is 9.85. The molecule has 10 nitrogen and oxygen atoms in total. The summed E-state index contributed by atoms with van der Waals surface area (Å²) in [6.45, 7) is 11.8. The number of benzene rings is 1. The smallest absolute Gasteiger partial charge is 0.430 e. The van der Waals surface area contributed by atoms with E-state index in [9.17, 15) is 14.4 Å². The second kappa shape index (κ2) is 12.2. The fourth-order valence-electron chi connectivity index (χ4n) is 3.27. The summed E-state index contributed by atoms with van der Waals surface area (Å²) in [5.41, 5.74) is 1.31. The van der Waals surface area contributed by atoms with Gasteiger partial charge < -0.3 is 23.7 Å². The number of hydrogen-bond acceptors (Lipinski definition) is 8. The third-order valence-electron chi connectivity index (χ3n) is 4.98. The van der Waals surface area contributed by atoms with E-state index in [1.54, 1.807) is 72.7 Å². The fraction of sp³-hybridized carbons (Fsp3) is 0.640. The summed E-state index contributed by atoms with van der Waals surface area (Å²) in [6.07, 6.45) is -1.78. The summed E-state index contributed by atoms with van der Waals surface area (Å²) in [6, 6.07) is 7.67. The molecule has 1 rings (SSSR count). The van der Waals surface area contributed by atoms with E-state index in [0.29, 0.717) is 5.56 Å². The third-order valence-corrected chi connectivity index (χ3v) is 4.98. The molecule has 198 valence electrons. The highest BCUT2D eigenvalue weighted by molar-refractivity contribution is 5.84. The predicted molar refractivity (Wildman–Crippen MR) is 129 cm³/mol. The molecule has 35 heavy (non-hydrogen) atoms. The van der Waals surface area contributed by atoms with Crippen molar-refractivity contribution in [2.24, 2.45) is 0 Å². The van der Waals surface area contributed by atoms with Gasteiger partial charge in [0.05, 0.1) is 7.11 Å². The molecular formula is C25H40N2O8. The number of nitrogens with zero attached hydrogens (tertiary/aromatic N) is 1. The van der Waals surface area contributed by atoms with Crippen molar-refractivity contribution < 1.29 is 38.1 Å². The van der Waals surface area contributed by atoms with Crippen molar-refractivity contribution in [3.05, 3.63) is 35.9 Å². The molecule has 1 aromatic rings. The Balaban J connectivity index is 3.67. The Labute approximate surface area is 208 Å². The Bertz CT molecular complexity index is 841. The Hall–Kier alpha value is -2.85. The van der Waals surface area contributed by atoms with Crippen molar-refractivity contribution in [2.75, 3.05) is 21.3 Å². The highest BCUT2D eigenvalue weighted by atomic mass is 16.7. The monoisotopic (exact) mass is 496 g/mol. The van der Waals surface area contributed by atoms with Crippen LogP contribution < -0.4 is 5.43 Å². The maximum Gasteiger partial charge on any atom is 0.430 e. The molecule has 0 bridgehead atoms. The first-order chi connectivity index (χ1) is 16.1. The van der Waals surface area contributed by atoms with Gasteiger partial charge in [0.15, 0.2) is 11.8 Å².